The molecule has 1 heterocycles. The van der Waals surface area contributed by atoms with Crippen LogP contribution in [0.5, 0.6) is 5.75 Å². The molecule has 4 rings (SSSR count). The monoisotopic (exact) mass is 390 g/mol. The Morgan fingerprint density at radius 3 is 2.64 bits per heavy atom. The van der Waals surface area contributed by atoms with Crippen molar-refractivity contribution in [2.75, 3.05) is 12.4 Å². The number of amides is 1. The molecule has 0 bridgehead atoms. The Labute approximate surface area is 168 Å². The Bertz CT molecular complexity index is 1150. The molecular formula is C23H22N2O2S. The van der Waals surface area contributed by atoms with E-state index in [1.54, 1.807) is 7.11 Å². The first-order chi connectivity index (χ1) is 13.7. The van der Waals surface area contributed by atoms with E-state index >= 15 is 0 Å². The van der Waals surface area contributed by atoms with Gasteiger partial charge in [-0.1, -0.05) is 55.0 Å². The van der Waals surface area contributed by atoms with Crippen molar-refractivity contribution in [1.82, 2.24) is 4.98 Å². The van der Waals surface area contributed by atoms with Crippen LogP contribution in [0.4, 0.5) is 5.13 Å². The van der Waals surface area contributed by atoms with Gasteiger partial charge >= 0.3 is 0 Å². The number of hydrogen-bond donors (Lipinski definition) is 1. The van der Waals surface area contributed by atoms with E-state index in [4.69, 9.17) is 4.74 Å². The van der Waals surface area contributed by atoms with Crippen molar-refractivity contribution in [3.8, 4) is 5.75 Å². The standard InChI is InChI=1S/C23H22N2O2S/c1-3-4-7-15-10-11-19-21(12-15)28-23(24-19)25-22(26)18-13-16-8-5-6-9-17(16)14-20(18)27-2/h5-6,8-14H,3-4,7H2,1-2H3,(H,24,25,26). The molecule has 0 fully saturated rings. The van der Waals surface area contributed by atoms with Crippen molar-refractivity contribution in [3.05, 3.63) is 65.7 Å². The zero-order valence-electron chi connectivity index (χ0n) is 16.0. The molecule has 28 heavy (non-hydrogen) atoms. The lowest BCUT2D eigenvalue weighted by Gasteiger charge is -2.09. The van der Waals surface area contributed by atoms with Crippen LogP contribution in [0.2, 0.25) is 0 Å². The molecule has 0 aliphatic rings. The van der Waals surface area contributed by atoms with Gasteiger partial charge in [0.05, 0.1) is 22.9 Å². The lowest BCUT2D eigenvalue weighted by molar-refractivity contribution is 0.102. The van der Waals surface area contributed by atoms with Crippen LogP contribution in [-0.2, 0) is 6.42 Å². The molecule has 0 saturated heterocycles. The number of hydrogen-bond acceptors (Lipinski definition) is 4. The molecule has 1 aromatic heterocycles. The fourth-order valence-corrected chi connectivity index (χ4v) is 4.21. The maximum absolute atomic E-state index is 12.9. The number of unbranched alkanes of at least 4 members (excludes halogenated alkanes) is 1. The van der Waals surface area contributed by atoms with Gasteiger partial charge in [-0.25, -0.2) is 4.98 Å². The van der Waals surface area contributed by atoms with E-state index in [1.807, 2.05) is 42.5 Å². The normalized spacial score (nSPS) is 11.1. The summed E-state index contributed by atoms with van der Waals surface area (Å²) >= 11 is 1.50. The summed E-state index contributed by atoms with van der Waals surface area (Å²) in [5.41, 5.74) is 2.72. The highest BCUT2D eigenvalue weighted by molar-refractivity contribution is 7.22. The molecule has 5 heteroatoms. The van der Waals surface area contributed by atoms with E-state index in [9.17, 15) is 4.79 Å². The second-order valence-electron chi connectivity index (χ2n) is 6.78. The number of anilines is 1. The molecule has 0 radical (unpaired) electrons. The van der Waals surface area contributed by atoms with Crippen LogP contribution in [-0.4, -0.2) is 18.0 Å². The van der Waals surface area contributed by atoms with Gasteiger partial charge in [0, 0.05) is 0 Å². The van der Waals surface area contributed by atoms with Gasteiger partial charge in [0.1, 0.15) is 5.75 Å². The largest absolute Gasteiger partial charge is 0.496 e. The molecule has 0 unspecified atom stereocenters. The number of thiazole rings is 1. The average Bonchev–Trinajstić information content (AvgIpc) is 3.12. The Kier molecular flexibility index (Phi) is 5.26. The minimum atomic E-state index is -0.215. The number of benzene rings is 3. The zero-order chi connectivity index (χ0) is 19.5. The summed E-state index contributed by atoms with van der Waals surface area (Å²) in [4.78, 5) is 17.5. The number of methoxy groups -OCH3 is 1. The van der Waals surface area contributed by atoms with Crippen molar-refractivity contribution >= 4 is 43.4 Å². The number of carbonyl (C=O) groups excluding carboxylic acids is 1. The smallest absolute Gasteiger partial charge is 0.261 e. The molecule has 3 aromatic carbocycles. The van der Waals surface area contributed by atoms with E-state index in [2.05, 4.69) is 29.4 Å². The number of aromatic nitrogens is 1. The van der Waals surface area contributed by atoms with Crippen LogP contribution in [0.3, 0.4) is 0 Å². The average molecular weight is 391 g/mol. The van der Waals surface area contributed by atoms with Gasteiger partial charge < -0.3 is 4.74 Å². The second-order valence-corrected chi connectivity index (χ2v) is 7.81. The van der Waals surface area contributed by atoms with E-state index in [0.29, 0.717) is 16.4 Å². The first-order valence-corrected chi connectivity index (χ1v) is 10.3. The first kappa shape index (κ1) is 18.4. The lowest BCUT2D eigenvalue weighted by atomic mass is 10.1. The van der Waals surface area contributed by atoms with E-state index < -0.39 is 0 Å². The predicted molar refractivity (Wildman–Crippen MR) is 117 cm³/mol. The predicted octanol–water partition coefficient (Wildman–Crippen LogP) is 6.05. The number of fused-ring (bicyclic) bond motifs is 2. The maximum Gasteiger partial charge on any atom is 0.261 e. The molecule has 0 atom stereocenters. The third-order valence-electron chi connectivity index (χ3n) is 4.80. The number of carbonyl (C=O) groups is 1. The summed E-state index contributed by atoms with van der Waals surface area (Å²) in [6.45, 7) is 2.19. The third-order valence-corrected chi connectivity index (χ3v) is 5.74. The Hall–Kier alpha value is -2.92. The molecule has 0 aliphatic heterocycles. The van der Waals surface area contributed by atoms with Crippen LogP contribution in [0.1, 0.15) is 35.7 Å². The number of aryl methyl sites for hydroxylation is 1. The quantitative estimate of drug-likeness (QED) is 0.436. The Morgan fingerprint density at radius 1 is 1.11 bits per heavy atom. The van der Waals surface area contributed by atoms with Gasteiger partial charge in [-0.15, -0.1) is 0 Å². The van der Waals surface area contributed by atoms with Crippen LogP contribution in [0, 0.1) is 0 Å². The Balaban J connectivity index is 1.62. The summed E-state index contributed by atoms with van der Waals surface area (Å²) in [5.74, 6) is 0.340. The minimum absolute atomic E-state index is 0.215. The van der Waals surface area contributed by atoms with Crippen molar-refractivity contribution in [2.45, 2.75) is 26.2 Å². The third kappa shape index (κ3) is 3.71. The number of nitrogens with zero attached hydrogens (tertiary/aromatic N) is 1. The highest BCUT2D eigenvalue weighted by Crippen LogP contribution is 2.30. The van der Waals surface area contributed by atoms with Gasteiger partial charge in [0.25, 0.3) is 5.91 Å². The molecule has 0 aliphatic carbocycles. The molecule has 0 spiro atoms. The molecule has 1 amide bonds. The summed E-state index contributed by atoms with van der Waals surface area (Å²) in [7, 11) is 1.58. The van der Waals surface area contributed by atoms with Crippen molar-refractivity contribution in [1.29, 1.82) is 0 Å². The van der Waals surface area contributed by atoms with Crippen LogP contribution in [0.25, 0.3) is 21.0 Å². The van der Waals surface area contributed by atoms with Crippen LogP contribution < -0.4 is 10.1 Å². The summed E-state index contributed by atoms with van der Waals surface area (Å²) in [6, 6.07) is 18.0. The maximum atomic E-state index is 12.9. The molecule has 1 N–H and O–H groups in total. The number of ether oxygens (including phenoxy) is 1. The lowest BCUT2D eigenvalue weighted by Crippen LogP contribution is -2.13. The molecular weight excluding hydrogens is 368 g/mol. The van der Waals surface area contributed by atoms with Crippen molar-refractivity contribution in [2.24, 2.45) is 0 Å². The SMILES string of the molecule is CCCCc1ccc2nc(NC(=O)c3cc4ccccc4cc3OC)sc2c1. The Morgan fingerprint density at radius 2 is 1.89 bits per heavy atom. The summed E-state index contributed by atoms with van der Waals surface area (Å²) in [5, 5.41) is 5.57. The summed E-state index contributed by atoms with van der Waals surface area (Å²) in [6.07, 6.45) is 3.42. The molecule has 4 aromatic rings. The molecule has 142 valence electrons. The first-order valence-electron chi connectivity index (χ1n) is 9.45. The van der Waals surface area contributed by atoms with Gasteiger partial charge in [-0.2, -0.15) is 0 Å². The minimum Gasteiger partial charge on any atom is -0.496 e. The van der Waals surface area contributed by atoms with Crippen molar-refractivity contribution < 1.29 is 9.53 Å². The number of nitrogens with one attached hydrogen (secondary N) is 1. The van der Waals surface area contributed by atoms with Gasteiger partial charge in [-0.05, 0) is 53.4 Å². The fraction of sp³-hybridized carbons (Fsp3) is 0.217. The number of rotatable bonds is 6. The van der Waals surface area contributed by atoms with Crippen LogP contribution >= 0.6 is 11.3 Å². The highest BCUT2D eigenvalue weighted by Gasteiger charge is 2.16. The van der Waals surface area contributed by atoms with Crippen molar-refractivity contribution in [3.63, 3.8) is 0 Å². The highest BCUT2D eigenvalue weighted by atomic mass is 32.1. The van der Waals surface area contributed by atoms with Crippen LogP contribution in [0.15, 0.2) is 54.6 Å². The fourth-order valence-electron chi connectivity index (χ4n) is 3.29. The molecule has 4 nitrogen and oxygen atoms in total. The van der Waals surface area contributed by atoms with E-state index in [0.717, 1.165) is 27.4 Å². The topological polar surface area (TPSA) is 51.2 Å². The van der Waals surface area contributed by atoms with Gasteiger partial charge in [0.15, 0.2) is 5.13 Å². The van der Waals surface area contributed by atoms with E-state index in [-0.39, 0.29) is 5.91 Å². The van der Waals surface area contributed by atoms with Gasteiger partial charge in [0.2, 0.25) is 0 Å². The summed E-state index contributed by atoms with van der Waals surface area (Å²) < 4.78 is 6.54. The molecule has 0 saturated carbocycles. The van der Waals surface area contributed by atoms with Gasteiger partial charge in [-0.3, -0.25) is 10.1 Å². The zero-order valence-corrected chi connectivity index (χ0v) is 16.8. The van der Waals surface area contributed by atoms with E-state index in [1.165, 1.54) is 29.7 Å². The second kappa shape index (κ2) is 7.98.